The van der Waals surface area contributed by atoms with Crippen LogP contribution in [-0.2, 0) is 0 Å². The van der Waals surface area contributed by atoms with Gasteiger partial charge in [-0.2, -0.15) is 0 Å². The van der Waals surface area contributed by atoms with Gasteiger partial charge in [0.2, 0.25) is 0 Å². The van der Waals surface area contributed by atoms with Crippen molar-refractivity contribution < 1.29 is 0 Å². The van der Waals surface area contributed by atoms with Crippen molar-refractivity contribution >= 4 is 21.5 Å². The lowest BCUT2D eigenvalue weighted by atomic mass is 9.89. The zero-order chi connectivity index (χ0) is 17.3. The van der Waals surface area contributed by atoms with E-state index >= 15 is 0 Å². The molecule has 0 radical (unpaired) electrons. The van der Waals surface area contributed by atoms with E-state index in [-0.39, 0.29) is 0 Å². The molecule has 0 heterocycles. The Hall–Kier alpha value is -3.38. The maximum absolute atomic E-state index is 2.33. The van der Waals surface area contributed by atoms with Crippen molar-refractivity contribution in [2.75, 3.05) is 0 Å². The summed E-state index contributed by atoms with van der Waals surface area (Å²) in [6.07, 6.45) is 0. The maximum atomic E-state index is 2.33. The van der Waals surface area contributed by atoms with E-state index in [1.165, 1.54) is 43.8 Å². The first-order chi connectivity index (χ1) is 12.9. The molecule has 0 nitrogen and oxygen atoms in total. The standard InChI is InChI=1S/C26H18/c1-3-10-19(11-4-1)22-16-9-17-24-25(22)18-21-14-7-8-15-23(21)26(24)20-12-5-2-6-13-20/h1-18H. The summed E-state index contributed by atoms with van der Waals surface area (Å²) in [6.45, 7) is 0. The van der Waals surface area contributed by atoms with Crippen LogP contribution in [0.25, 0.3) is 43.8 Å². The fourth-order valence-electron chi connectivity index (χ4n) is 3.88. The quantitative estimate of drug-likeness (QED) is 0.297. The van der Waals surface area contributed by atoms with Crippen molar-refractivity contribution in [1.29, 1.82) is 0 Å². The van der Waals surface area contributed by atoms with Crippen LogP contribution in [0.3, 0.4) is 0 Å². The zero-order valence-electron chi connectivity index (χ0n) is 14.4. The Morgan fingerprint density at radius 1 is 0.385 bits per heavy atom. The van der Waals surface area contributed by atoms with Gasteiger partial charge in [0.1, 0.15) is 0 Å². The third-order valence-corrected chi connectivity index (χ3v) is 5.05. The number of hydrogen-bond acceptors (Lipinski definition) is 0. The van der Waals surface area contributed by atoms with Gasteiger partial charge in [0, 0.05) is 0 Å². The van der Waals surface area contributed by atoms with Gasteiger partial charge >= 0.3 is 0 Å². The van der Waals surface area contributed by atoms with Crippen LogP contribution >= 0.6 is 0 Å². The largest absolute Gasteiger partial charge is 0.0622 e. The van der Waals surface area contributed by atoms with Gasteiger partial charge in [0.25, 0.3) is 0 Å². The van der Waals surface area contributed by atoms with E-state index in [1.807, 2.05) is 0 Å². The molecule has 5 aromatic carbocycles. The highest BCUT2D eigenvalue weighted by molar-refractivity contribution is 6.16. The number of benzene rings is 5. The molecule has 0 aromatic heterocycles. The Morgan fingerprint density at radius 2 is 1.00 bits per heavy atom. The van der Waals surface area contributed by atoms with Crippen molar-refractivity contribution in [1.82, 2.24) is 0 Å². The highest BCUT2D eigenvalue weighted by atomic mass is 14.2. The lowest BCUT2D eigenvalue weighted by Crippen LogP contribution is -1.88. The van der Waals surface area contributed by atoms with Crippen LogP contribution in [0, 0.1) is 0 Å². The molecule has 26 heavy (non-hydrogen) atoms. The summed E-state index contributed by atoms with van der Waals surface area (Å²) >= 11 is 0. The molecular weight excluding hydrogens is 312 g/mol. The first-order valence-corrected chi connectivity index (χ1v) is 8.97. The van der Waals surface area contributed by atoms with Crippen LogP contribution in [0.15, 0.2) is 109 Å². The first-order valence-electron chi connectivity index (χ1n) is 8.97. The Balaban J connectivity index is 1.95. The second kappa shape index (κ2) is 6.16. The van der Waals surface area contributed by atoms with E-state index < -0.39 is 0 Å². The average Bonchev–Trinajstić information content (AvgIpc) is 2.73. The fourth-order valence-corrected chi connectivity index (χ4v) is 3.88. The van der Waals surface area contributed by atoms with E-state index in [1.54, 1.807) is 0 Å². The van der Waals surface area contributed by atoms with Crippen molar-refractivity contribution in [3.05, 3.63) is 109 Å². The van der Waals surface area contributed by atoms with Crippen LogP contribution in [0.5, 0.6) is 0 Å². The molecule has 0 aliphatic rings. The molecule has 0 saturated carbocycles. The van der Waals surface area contributed by atoms with E-state index in [2.05, 4.69) is 109 Å². The average molecular weight is 330 g/mol. The molecule has 5 rings (SSSR count). The Labute approximate surface area is 153 Å². The summed E-state index contributed by atoms with van der Waals surface area (Å²) in [5, 5.41) is 5.19. The van der Waals surface area contributed by atoms with Crippen LogP contribution < -0.4 is 0 Å². The van der Waals surface area contributed by atoms with Gasteiger partial charge in [-0.25, -0.2) is 0 Å². The maximum Gasteiger partial charge on any atom is -0.00266 e. The van der Waals surface area contributed by atoms with Gasteiger partial charge < -0.3 is 0 Å². The summed E-state index contributed by atoms with van der Waals surface area (Å²) in [7, 11) is 0. The predicted octanol–water partition coefficient (Wildman–Crippen LogP) is 7.33. The topological polar surface area (TPSA) is 0 Å². The predicted molar refractivity (Wildman–Crippen MR) is 112 cm³/mol. The van der Waals surface area contributed by atoms with Crippen molar-refractivity contribution in [3.63, 3.8) is 0 Å². The van der Waals surface area contributed by atoms with Crippen molar-refractivity contribution in [3.8, 4) is 22.3 Å². The summed E-state index contributed by atoms with van der Waals surface area (Å²) in [4.78, 5) is 0. The monoisotopic (exact) mass is 330 g/mol. The van der Waals surface area contributed by atoms with E-state index in [0.717, 1.165) is 0 Å². The molecule has 0 aliphatic carbocycles. The third kappa shape index (κ3) is 2.39. The SMILES string of the molecule is c1ccc(-c2cccc3c(-c4ccccc4)c4ccccc4cc23)cc1. The van der Waals surface area contributed by atoms with Gasteiger partial charge in [0.05, 0.1) is 0 Å². The highest BCUT2D eigenvalue weighted by Crippen LogP contribution is 2.39. The second-order valence-corrected chi connectivity index (χ2v) is 6.61. The molecule has 0 spiro atoms. The fraction of sp³-hybridized carbons (Fsp3) is 0. The second-order valence-electron chi connectivity index (χ2n) is 6.61. The van der Waals surface area contributed by atoms with E-state index in [0.29, 0.717) is 0 Å². The molecule has 0 bridgehead atoms. The molecule has 5 aromatic rings. The van der Waals surface area contributed by atoms with Crippen LogP contribution in [0.4, 0.5) is 0 Å². The highest BCUT2D eigenvalue weighted by Gasteiger charge is 2.12. The minimum atomic E-state index is 1.26. The molecular formula is C26H18. The molecule has 0 aliphatic heterocycles. The molecule has 0 N–H and O–H groups in total. The minimum Gasteiger partial charge on any atom is -0.0622 e. The van der Waals surface area contributed by atoms with Crippen molar-refractivity contribution in [2.45, 2.75) is 0 Å². The Bertz CT molecular complexity index is 1200. The van der Waals surface area contributed by atoms with Gasteiger partial charge in [-0.15, -0.1) is 0 Å². The lowest BCUT2D eigenvalue weighted by Gasteiger charge is -2.15. The minimum absolute atomic E-state index is 1.26. The summed E-state index contributed by atoms with van der Waals surface area (Å²) in [6, 6.07) is 39.0. The van der Waals surface area contributed by atoms with Crippen molar-refractivity contribution in [2.24, 2.45) is 0 Å². The van der Waals surface area contributed by atoms with Crippen LogP contribution in [0.1, 0.15) is 0 Å². The lowest BCUT2D eigenvalue weighted by molar-refractivity contribution is 1.64. The molecule has 0 heteroatoms. The summed E-state index contributed by atoms with van der Waals surface area (Å²) in [5.74, 6) is 0. The van der Waals surface area contributed by atoms with Gasteiger partial charge in [0.15, 0.2) is 0 Å². The normalized spacial score (nSPS) is 11.1. The van der Waals surface area contributed by atoms with Crippen LogP contribution in [0.2, 0.25) is 0 Å². The van der Waals surface area contributed by atoms with Gasteiger partial charge in [-0.3, -0.25) is 0 Å². The number of fused-ring (bicyclic) bond motifs is 2. The molecule has 0 amide bonds. The number of rotatable bonds is 2. The summed E-state index contributed by atoms with van der Waals surface area (Å²) in [5.41, 5.74) is 5.12. The molecule has 0 unspecified atom stereocenters. The first kappa shape index (κ1) is 14.9. The van der Waals surface area contributed by atoms with E-state index in [4.69, 9.17) is 0 Å². The smallest absolute Gasteiger partial charge is 0.00266 e. The third-order valence-electron chi connectivity index (χ3n) is 5.05. The molecule has 122 valence electrons. The number of hydrogen-bond donors (Lipinski definition) is 0. The van der Waals surface area contributed by atoms with Gasteiger partial charge in [-0.05, 0) is 49.9 Å². The zero-order valence-corrected chi connectivity index (χ0v) is 14.4. The summed E-state index contributed by atoms with van der Waals surface area (Å²) < 4.78 is 0. The van der Waals surface area contributed by atoms with Gasteiger partial charge in [-0.1, -0.05) is 103 Å². The molecule has 0 saturated heterocycles. The van der Waals surface area contributed by atoms with Crippen LogP contribution in [-0.4, -0.2) is 0 Å². The van der Waals surface area contributed by atoms with E-state index in [9.17, 15) is 0 Å². The molecule has 0 atom stereocenters. The Morgan fingerprint density at radius 3 is 1.77 bits per heavy atom. The molecule has 0 fully saturated rings. The Kier molecular flexibility index (Phi) is 3.54.